The molecule has 0 saturated carbocycles. The Hall–Kier alpha value is -0.610. The molecule has 1 aromatic carbocycles. The monoisotopic (exact) mass is 313 g/mol. The fourth-order valence-corrected chi connectivity index (χ4v) is 1.97. The molecule has 0 amide bonds. The number of hydrogen-bond acceptors (Lipinski definition) is 3. The molecule has 4 heteroatoms. The molecule has 1 unspecified atom stereocenters. The van der Waals surface area contributed by atoms with Gasteiger partial charge < -0.3 is 14.8 Å². The molecule has 1 aromatic rings. The van der Waals surface area contributed by atoms with Crippen molar-refractivity contribution in [2.75, 3.05) is 26.4 Å². The summed E-state index contributed by atoms with van der Waals surface area (Å²) in [5.74, 6) is 0. The molecule has 120 valence electrons. The highest BCUT2D eigenvalue weighted by Crippen LogP contribution is 2.20. The molecule has 0 radical (unpaired) electrons. The lowest BCUT2D eigenvalue weighted by Gasteiger charge is -2.26. The predicted molar refractivity (Wildman–Crippen MR) is 89.0 cm³/mol. The van der Waals surface area contributed by atoms with Crippen molar-refractivity contribution in [1.82, 2.24) is 5.32 Å². The van der Waals surface area contributed by atoms with Gasteiger partial charge in [0.1, 0.15) is 0 Å². The summed E-state index contributed by atoms with van der Waals surface area (Å²) >= 11 is 5.95. The van der Waals surface area contributed by atoms with E-state index in [1.165, 1.54) is 0 Å². The highest BCUT2D eigenvalue weighted by molar-refractivity contribution is 6.30. The van der Waals surface area contributed by atoms with Crippen LogP contribution in [0.25, 0.3) is 0 Å². The van der Waals surface area contributed by atoms with Crippen LogP contribution in [0.5, 0.6) is 0 Å². The fourth-order valence-electron chi connectivity index (χ4n) is 1.85. The van der Waals surface area contributed by atoms with Crippen LogP contribution in [0.1, 0.15) is 45.8 Å². The van der Waals surface area contributed by atoms with Crippen molar-refractivity contribution >= 4 is 11.6 Å². The molecule has 0 spiro atoms. The normalized spacial score (nSPS) is 13.4. The minimum atomic E-state index is 0.00622. The average molecular weight is 314 g/mol. The summed E-state index contributed by atoms with van der Waals surface area (Å²) in [6, 6.07) is 7.84. The van der Waals surface area contributed by atoms with Gasteiger partial charge in [-0.05, 0) is 44.9 Å². The number of nitrogens with one attached hydrogen (secondary N) is 1. The molecule has 0 bridgehead atoms. The molecule has 1 rings (SSSR count). The first-order chi connectivity index (χ1) is 9.92. The van der Waals surface area contributed by atoms with Crippen LogP contribution in [-0.4, -0.2) is 31.9 Å². The van der Waals surface area contributed by atoms with Gasteiger partial charge in [-0.3, -0.25) is 0 Å². The smallest absolute Gasteiger partial charge is 0.0950 e. The summed E-state index contributed by atoms with van der Waals surface area (Å²) < 4.78 is 11.4. The van der Waals surface area contributed by atoms with Crippen molar-refractivity contribution in [3.8, 4) is 0 Å². The van der Waals surface area contributed by atoms with Crippen LogP contribution in [-0.2, 0) is 9.47 Å². The summed E-state index contributed by atoms with van der Waals surface area (Å²) in [7, 11) is 0. The second-order valence-electron chi connectivity index (χ2n) is 6.15. The van der Waals surface area contributed by atoms with Crippen LogP contribution in [0.3, 0.4) is 0 Å². The maximum Gasteiger partial charge on any atom is 0.0950 e. The Morgan fingerprint density at radius 2 is 1.76 bits per heavy atom. The zero-order valence-corrected chi connectivity index (χ0v) is 14.4. The van der Waals surface area contributed by atoms with Crippen molar-refractivity contribution in [3.05, 3.63) is 34.9 Å². The predicted octanol–water partition coefficient (Wildman–Crippen LogP) is 4.21. The second kappa shape index (κ2) is 9.42. The molecule has 0 saturated heterocycles. The summed E-state index contributed by atoms with van der Waals surface area (Å²) in [5.41, 5.74) is 1.19. The summed E-state index contributed by atoms with van der Waals surface area (Å²) in [5, 5.41) is 4.23. The fraction of sp³-hybridized carbons (Fsp3) is 0.647. The third kappa shape index (κ3) is 8.42. The maximum absolute atomic E-state index is 5.98. The van der Waals surface area contributed by atoms with E-state index in [1.807, 2.05) is 24.3 Å². The number of halogens is 1. The largest absolute Gasteiger partial charge is 0.379 e. The van der Waals surface area contributed by atoms with Crippen molar-refractivity contribution in [2.24, 2.45) is 0 Å². The van der Waals surface area contributed by atoms with Crippen LogP contribution < -0.4 is 5.32 Å². The second-order valence-corrected chi connectivity index (χ2v) is 6.59. The zero-order chi connectivity index (χ0) is 15.7. The van der Waals surface area contributed by atoms with Crippen LogP contribution in [0.2, 0.25) is 5.02 Å². The summed E-state index contributed by atoms with van der Waals surface area (Å²) in [4.78, 5) is 0. The van der Waals surface area contributed by atoms with E-state index in [0.717, 1.165) is 30.2 Å². The van der Waals surface area contributed by atoms with Gasteiger partial charge in [0.2, 0.25) is 0 Å². The van der Waals surface area contributed by atoms with E-state index in [1.54, 1.807) is 0 Å². The van der Waals surface area contributed by atoms with Crippen LogP contribution in [0, 0.1) is 0 Å². The number of benzene rings is 1. The van der Waals surface area contributed by atoms with Crippen molar-refractivity contribution in [1.29, 1.82) is 0 Å². The number of rotatable bonds is 9. The molecule has 0 heterocycles. The van der Waals surface area contributed by atoms with Gasteiger partial charge >= 0.3 is 0 Å². The third-order valence-electron chi connectivity index (χ3n) is 2.95. The molecule has 0 aliphatic carbocycles. The van der Waals surface area contributed by atoms with Gasteiger partial charge in [-0.1, -0.05) is 30.7 Å². The highest BCUT2D eigenvalue weighted by Gasteiger charge is 2.16. The van der Waals surface area contributed by atoms with Gasteiger partial charge in [-0.2, -0.15) is 0 Å². The molecule has 0 aliphatic rings. The molecule has 21 heavy (non-hydrogen) atoms. The Labute approximate surface area is 134 Å². The van der Waals surface area contributed by atoms with Gasteiger partial charge in [-0.15, -0.1) is 0 Å². The molecular formula is C17H28ClNO2. The van der Waals surface area contributed by atoms with E-state index in [-0.39, 0.29) is 11.6 Å². The van der Waals surface area contributed by atoms with Crippen LogP contribution in [0.4, 0.5) is 0 Å². The minimum Gasteiger partial charge on any atom is -0.379 e. The van der Waals surface area contributed by atoms with Gasteiger partial charge in [0.15, 0.2) is 0 Å². The summed E-state index contributed by atoms with van der Waals surface area (Å²) in [6.07, 6.45) is 1.04. The van der Waals surface area contributed by atoms with E-state index in [0.29, 0.717) is 13.2 Å². The van der Waals surface area contributed by atoms with Crippen LogP contribution >= 0.6 is 11.6 Å². The third-order valence-corrected chi connectivity index (χ3v) is 3.21. The Kier molecular flexibility index (Phi) is 8.27. The van der Waals surface area contributed by atoms with E-state index in [9.17, 15) is 0 Å². The van der Waals surface area contributed by atoms with Gasteiger partial charge in [0.25, 0.3) is 0 Å². The lowest BCUT2D eigenvalue weighted by Crippen LogP contribution is -2.39. The Bertz CT molecular complexity index is 387. The van der Waals surface area contributed by atoms with Gasteiger partial charge in [0.05, 0.1) is 19.3 Å². The molecular weight excluding hydrogens is 286 g/mol. The van der Waals surface area contributed by atoms with E-state index < -0.39 is 0 Å². The minimum absolute atomic E-state index is 0.00622. The van der Waals surface area contributed by atoms with Crippen molar-refractivity contribution in [2.45, 2.75) is 45.8 Å². The molecule has 0 fully saturated rings. The SMILES string of the molecule is CCCOCCOC(CNC(C)(C)C)c1ccc(Cl)cc1. The van der Waals surface area contributed by atoms with Crippen molar-refractivity contribution in [3.63, 3.8) is 0 Å². The quantitative estimate of drug-likeness (QED) is 0.693. The summed E-state index contributed by atoms with van der Waals surface area (Å²) in [6.45, 7) is 11.3. The highest BCUT2D eigenvalue weighted by atomic mass is 35.5. The Morgan fingerprint density at radius 3 is 2.33 bits per heavy atom. The van der Waals surface area contributed by atoms with E-state index in [4.69, 9.17) is 21.1 Å². The van der Waals surface area contributed by atoms with E-state index in [2.05, 4.69) is 33.0 Å². The first-order valence-corrected chi connectivity index (χ1v) is 8.00. The molecule has 1 N–H and O–H groups in total. The topological polar surface area (TPSA) is 30.5 Å². The molecule has 1 atom stereocenters. The maximum atomic E-state index is 5.98. The average Bonchev–Trinajstić information content (AvgIpc) is 2.42. The molecule has 3 nitrogen and oxygen atoms in total. The van der Waals surface area contributed by atoms with Gasteiger partial charge in [-0.25, -0.2) is 0 Å². The standard InChI is InChI=1S/C17H28ClNO2/c1-5-10-20-11-12-21-16(13-19-17(2,3)4)14-6-8-15(18)9-7-14/h6-9,16,19H,5,10-13H2,1-4H3. The molecule has 0 aliphatic heterocycles. The lowest BCUT2D eigenvalue weighted by molar-refractivity contribution is 0.00208. The first-order valence-electron chi connectivity index (χ1n) is 7.62. The number of hydrogen-bond donors (Lipinski definition) is 1. The first kappa shape index (κ1) is 18.4. The zero-order valence-electron chi connectivity index (χ0n) is 13.6. The van der Waals surface area contributed by atoms with E-state index >= 15 is 0 Å². The lowest BCUT2D eigenvalue weighted by atomic mass is 10.1. The van der Waals surface area contributed by atoms with Crippen LogP contribution in [0.15, 0.2) is 24.3 Å². The number of ether oxygens (including phenoxy) is 2. The van der Waals surface area contributed by atoms with Crippen molar-refractivity contribution < 1.29 is 9.47 Å². The van der Waals surface area contributed by atoms with Gasteiger partial charge in [0, 0.05) is 23.7 Å². The molecule has 0 aromatic heterocycles. The Morgan fingerprint density at radius 1 is 1.10 bits per heavy atom. The Balaban J connectivity index is 2.55.